The number of amides is 1. The van der Waals surface area contributed by atoms with Crippen molar-refractivity contribution >= 4 is 17.6 Å². The highest BCUT2D eigenvalue weighted by molar-refractivity contribution is 6.02. The Kier molecular flexibility index (Phi) is 8.97. The largest absolute Gasteiger partial charge is 0.459 e. The lowest BCUT2D eigenvalue weighted by atomic mass is 9.99. The number of likely N-dealkylation sites (tertiary alicyclic amines) is 1. The van der Waals surface area contributed by atoms with Crippen molar-refractivity contribution in [3.8, 4) is 0 Å². The molecule has 0 spiro atoms. The second-order valence-corrected chi connectivity index (χ2v) is 8.13. The topological polar surface area (TPSA) is 81.9 Å². The van der Waals surface area contributed by atoms with Crippen LogP contribution in [0.5, 0.6) is 0 Å². The van der Waals surface area contributed by atoms with Crippen molar-refractivity contribution < 1.29 is 9.21 Å². The molecule has 168 valence electrons. The molecule has 2 aromatic rings. The van der Waals surface area contributed by atoms with Crippen LogP contribution in [-0.2, 0) is 6.54 Å². The van der Waals surface area contributed by atoms with E-state index in [9.17, 15) is 4.79 Å². The molecule has 1 aromatic heterocycles. The number of guanidine groups is 1. The van der Waals surface area contributed by atoms with E-state index in [1.165, 1.54) is 32.2 Å². The number of hydrogen-bond donors (Lipinski definition) is 3. The Morgan fingerprint density at radius 1 is 1.19 bits per heavy atom. The van der Waals surface area contributed by atoms with Gasteiger partial charge < -0.3 is 25.3 Å². The van der Waals surface area contributed by atoms with Crippen LogP contribution >= 0.6 is 0 Å². The van der Waals surface area contributed by atoms with Gasteiger partial charge in [0.15, 0.2) is 11.7 Å². The summed E-state index contributed by atoms with van der Waals surface area (Å²) < 4.78 is 5.14. The summed E-state index contributed by atoms with van der Waals surface area (Å²) >= 11 is 0. The second-order valence-electron chi connectivity index (χ2n) is 8.13. The number of carbonyl (C=O) groups excluding carboxylic acids is 1. The summed E-state index contributed by atoms with van der Waals surface area (Å²) in [6, 6.07) is 11.1. The number of aliphatic imine (C=N–C) groups is 1. The van der Waals surface area contributed by atoms with Gasteiger partial charge in [-0.2, -0.15) is 0 Å². The maximum absolute atomic E-state index is 12.2. The molecule has 3 rings (SSSR count). The van der Waals surface area contributed by atoms with E-state index in [1.54, 1.807) is 12.1 Å². The van der Waals surface area contributed by atoms with Crippen LogP contribution in [0, 0.1) is 5.92 Å². The summed E-state index contributed by atoms with van der Waals surface area (Å²) in [6.07, 6.45) is 5.23. The molecule has 7 nitrogen and oxygen atoms in total. The van der Waals surface area contributed by atoms with Gasteiger partial charge in [-0.1, -0.05) is 19.1 Å². The normalized spacial score (nSPS) is 15.6. The lowest BCUT2D eigenvalue weighted by molar-refractivity contribution is 0.0996. The Labute approximate surface area is 185 Å². The van der Waals surface area contributed by atoms with E-state index in [4.69, 9.17) is 9.41 Å². The van der Waals surface area contributed by atoms with E-state index in [2.05, 4.69) is 34.7 Å². The van der Waals surface area contributed by atoms with Crippen LogP contribution < -0.4 is 16.0 Å². The van der Waals surface area contributed by atoms with Gasteiger partial charge in [0, 0.05) is 18.8 Å². The third-order valence-corrected chi connectivity index (χ3v) is 5.51. The van der Waals surface area contributed by atoms with Gasteiger partial charge in [-0.05, 0) is 81.6 Å². The number of furan rings is 1. The molecule has 0 saturated carbocycles. The van der Waals surface area contributed by atoms with Gasteiger partial charge in [0.05, 0.1) is 12.8 Å². The van der Waals surface area contributed by atoms with E-state index >= 15 is 0 Å². The third kappa shape index (κ3) is 7.75. The van der Waals surface area contributed by atoms with Crippen LogP contribution in [-0.4, -0.2) is 49.5 Å². The van der Waals surface area contributed by atoms with Crippen LogP contribution in [0.1, 0.15) is 49.2 Å². The SMILES string of the molecule is CCNC(=NCc1cccc(NC(=O)c2ccco2)c1)NCCCN1CCC(C)CC1. The molecule has 1 amide bonds. The number of nitrogens with zero attached hydrogens (tertiary/aromatic N) is 2. The summed E-state index contributed by atoms with van der Waals surface area (Å²) in [5.74, 6) is 1.73. The van der Waals surface area contributed by atoms with Crippen molar-refractivity contribution in [2.24, 2.45) is 10.9 Å². The Bertz CT molecular complexity index is 826. The molecule has 1 aliphatic rings. The lowest BCUT2D eigenvalue weighted by Crippen LogP contribution is -2.39. The molecule has 0 radical (unpaired) electrons. The van der Waals surface area contributed by atoms with Crippen molar-refractivity contribution in [2.45, 2.75) is 39.7 Å². The number of rotatable bonds is 9. The molecule has 1 fully saturated rings. The first-order valence-corrected chi connectivity index (χ1v) is 11.3. The number of hydrogen-bond acceptors (Lipinski definition) is 4. The van der Waals surface area contributed by atoms with Gasteiger partial charge in [-0.15, -0.1) is 0 Å². The predicted molar refractivity (Wildman–Crippen MR) is 125 cm³/mol. The van der Waals surface area contributed by atoms with Crippen molar-refractivity contribution in [1.82, 2.24) is 15.5 Å². The fraction of sp³-hybridized carbons (Fsp3) is 0.500. The van der Waals surface area contributed by atoms with Crippen molar-refractivity contribution in [2.75, 3.05) is 38.0 Å². The fourth-order valence-electron chi connectivity index (χ4n) is 3.66. The summed E-state index contributed by atoms with van der Waals surface area (Å²) in [5, 5.41) is 9.60. The average Bonchev–Trinajstić information content (AvgIpc) is 3.32. The van der Waals surface area contributed by atoms with E-state index in [0.29, 0.717) is 12.3 Å². The maximum Gasteiger partial charge on any atom is 0.291 e. The molecule has 2 heterocycles. The minimum Gasteiger partial charge on any atom is -0.459 e. The highest BCUT2D eigenvalue weighted by Crippen LogP contribution is 2.16. The van der Waals surface area contributed by atoms with Crippen molar-refractivity contribution in [3.05, 3.63) is 54.0 Å². The molecule has 1 aromatic carbocycles. The highest BCUT2D eigenvalue weighted by Gasteiger charge is 2.14. The summed E-state index contributed by atoms with van der Waals surface area (Å²) in [6.45, 7) is 10.2. The van der Waals surface area contributed by atoms with Crippen molar-refractivity contribution in [3.63, 3.8) is 0 Å². The van der Waals surface area contributed by atoms with E-state index < -0.39 is 0 Å². The van der Waals surface area contributed by atoms with E-state index in [0.717, 1.165) is 49.2 Å². The van der Waals surface area contributed by atoms with Crippen molar-refractivity contribution in [1.29, 1.82) is 0 Å². The highest BCUT2D eigenvalue weighted by atomic mass is 16.3. The van der Waals surface area contributed by atoms with Crippen LogP contribution in [0.4, 0.5) is 5.69 Å². The minimum atomic E-state index is -0.260. The van der Waals surface area contributed by atoms with Gasteiger partial charge in [-0.3, -0.25) is 4.79 Å². The molecule has 31 heavy (non-hydrogen) atoms. The molecule has 7 heteroatoms. The first-order valence-electron chi connectivity index (χ1n) is 11.3. The Morgan fingerprint density at radius 3 is 2.77 bits per heavy atom. The second kappa shape index (κ2) is 12.2. The van der Waals surface area contributed by atoms with Gasteiger partial charge >= 0.3 is 0 Å². The van der Waals surface area contributed by atoms with Gasteiger partial charge in [-0.25, -0.2) is 4.99 Å². The van der Waals surface area contributed by atoms with Crippen LogP contribution in [0.25, 0.3) is 0 Å². The zero-order valence-electron chi connectivity index (χ0n) is 18.7. The molecular formula is C24H35N5O2. The van der Waals surface area contributed by atoms with Gasteiger partial charge in [0.1, 0.15) is 0 Å². The maximum atomic E-state index is 12.2. The monoisotopic (exact) mass is 425 g/mol. The number of piperidine rings is 1. The molecule has 1 aliphatic heterocycles. The smallest absolute Gasteiger partial charge is 0.291 e. The first-order chi connectivity index (χ1) is 15.1. The molecule has 0 aliphatic carbocycles. The summed E-state index contributed by atoms with van der Waals surface area (Å²) in [5.41, 5.74) is 1.75. The lowest BCUT2D eigenvalue weighted by Gasteiger charge is -2.30. The first kappa shape index (κ1) is 22.9. The molecule has 0 bridgehead atoms. The number of carbonyl (C=O) groups is 1. The number of nitrogens with one attached hydrogen (secondary N) is 3. The van der Waals surface area contributed by atoms with E-state index in [-0.39, 0.29) is 5.91 Å². The van der Waals surface area contributed by atoms with Crippen LogP contribution in [0.15, 0.2) is 52.1 Å². The quantitative estimate of drug-likeness (QED) is 0.324. The standard InChI is InChI=1S/C24H35N5O2/c1-3-25-24(26-12-6-13-29-14-10-19(2)11-15-29)27-18-20-7-4-8-21(17-20)28-23(30)22-9-5-16-31-22/h4-5,7-9,16-17,19H,3,6,10-15,18H2,1-2H3,(H,28,30)(H2,25,26,27). The molecule has 0 unspecified atom stereocenters. The molecule has 3 N–H and O–H groups in total. The van der Waals surface area contributed by atoms with Crippen LogP contribution in [0.3, 0.4) is 0 Å². The summed E-state index contributed by atoms with van der Waals surface area (Å²) in [4.78, 5) is 19.4. The zero-order chi connectivity index (χ0) is 21.9. The van der Waals surface area contributed by atoms with E-state index in [1.807, 2.05) is 24.3 Å². The average molecular weight is 426 g/mol. The zero-order valence-corrected chi connectivity index (χ0v) is 18.7. The minimum absolute atomic E-state index is 0.260. The summed E-state index contributed by atoms with van der Waals surface area (Å²) in [7, 11) is 0. The molecule has 0 atom stereocenters. The Hall–Kier alpha value is -2.80. The van der Waals surface area contributed by atoms with Crippen LogP contribution in [0.2, 0.25) is 0 Å². The van der Waals surface area contributed by atoms with Gasteiger partial charge in [0.2, 0.25) is 0 Å². The number of anilines is 1. The third-order valence-electron chi connectivity index (χ3n) is 5.51. The Morgan fingerprint density at radius 2 is 2.03 bits per heavy atom. The molecular weight excluding hydrogens is 390 g/mol. The number of benzene rings is 1. The molecule has 1 saturated heterocycles. The Balaban J connectivity index is 1.46. The fourth-order valence-corrected chi connectivity index (χ4v) is 3.66. The van der Waals surface area contributed by atoms with Gasteiger partial charge in [0.25, 0.3) is 5.91 Å². The predicted octanol–water partition coefficient (Wildman–Crippen LogP) is 3.71.